The van der Waals surface area contributed by atoms with E-state index in [1.165, 1.54) is 0 Å². The molecular weight excluding hydrogens is 208 g/mol. The van der Waals surface area contributed by atoms with Crippen LogP contribution in [-0.4, -0.2) is 27.5 Å². The van der Waals surface area contributed by atoms with Crippen molar-refractivity contribution < 1.29 is 14.6 Å². The molecule has 88 valence electrons. The number of carboxylic acids is 1. The Morgan fingerprint density at radius 1 is 1.62 bits per heavy atom. The average molecular weight is 224 g/mol. The van der Waals surface area contributed by atoms with Crippen molar-refractivity contribution in [1.29, 1.82) is 0 Å². The van der Waals surface area contributed by atoms with Crippen molar-refractivity contribution in [3.05, 3.63) is 17.5 Å². The Morgan fingerprint density at radius 3 is 2.88 bits per heavy atom. The Bertz CT molecular complexity index is 405. The molecule has 1 aromatic rings. The minimum Gasteiger partial charge on any atom is -0.476 e. The Morgan fingerprint density at radius 2 is 2.38 bits per heavy atom. The summed E-state index contributed by atoms with van der Waals surface area (Å²) in [6.07, 6.45) is 3.08. The monoisotopic (exact) mass is 224 g/mol. The number of hydrogen-bond acceptors (Lipinski definition) is 3. The van der Waals surface area contributed by atoms with E-state index in [-0.39, 0.29) is 5.69 Å². The average Bonchev–Trinajstić information content (AvgIpc) is 2.62. The van der Waals surface area contributed by atoms with Gasteiger partial charge in [0.15, 0.2) is 5.69 Å². The molecule has 1 aliphatic heterocycles. The fraction of sp³-hybridized carbons (Fsp3) is 0.636. The third kappa shape index (κ3) is 1.82. The lowest BCUT2D eigenvalue weighted by molar-refractivity contribution is -0.0751. The minimum absolute atomic E-state index is 0.0768. The normalized spacial score (nSPS) is 25.6. The smallest absolute Gasteiger partial charge is 0.356 e. The maximum Gasteiger partial charge on any atom is 0.356 e. The van der Waals surface area contributed by atoms with Crippen molar-refractivity contribution in [3.63, 3.8) is 0 Å². The van der Waals surface area contributed by atoms with Crippen molar-refractivity contribution in [2.45, 2.75) is 31.8 Å². The molecule has 5 heteroatoms. The molecule has 0 bridgehead atoms. The molecule has 0 spiro atoms. The Kier molecular flexibility index (Phi) is 2.71. The molecule has 2 heterocycles. The second kappa shape index (κ2) is 3.90. The van der Waals surface area contributed by atoms with Crippen LogP contribution >= 0.6 is 0 Å². The van der Waals surface area contributed by atoms with Gasteiger partial charge in [0, 0.05) is 13.7 Å². The molecule has 1 aromatic heterocycles. The Hall–Kier alpha value is -1.36. The lowest BCUT2D eigenvalue weighted by Crippen LogP contribution is -2.32. The lowest BCUT2D eigenvalue weighted by Gasteiger charge is -2.33. The largest absolute Gasteiger partial charge is 0.476 e. The summed E-state index contributed by atoms with van der Waals surface area (Å²) >= 11 is 0. The quantitative estimate of drug-likeness (QED) is 0.827. The molecule has 1 aliphatic rings. The molecule has 1 fully saturated rings. The standard InChI is InChI=1S/C11H16N2O3/c1-11(5-3-4-6-16-11)9-7-8(10(14)15)12-13(9)2/h7H,3-6H2,1-2H3,(H,14,15). The van der Waals surface area contributed by atoms with Crippen molar-refractivity contribution in [3.8, 4) is 0 Å². The molecule has 0 aliphatic carbocycles. The van der Waals surface area contributed by atoms with E-state index in [0.29, 0.717) is 0 Å². The van der Waals surface area contributed by atoms with Gasteiger partial charge in [0.05, 0.1) is 5.69 Å². The number of aromatic carboxylic acids is 1. The first kappa shape index (κ1) is 11.1. The van der Waals surface area contributed by atoms with Crippen molar-refractivity contribution in [2.75, 3.05) is 6.61 Å². The molecule has 1 saturated heterocycles. The van der Waals surface area contributed by atoms with E-state index in [0.717, 1.165) is 31.6 Å². The number of rotatable bonds is 2. The van der Waals surface area contributed by atoms with Gasteiger partial charge in [-0.05, 0) is 32.3 Å². The van der Waals surface area contributed by atoms with E-state index in [1.807, 2.05) is 6.92 Å². The summed E-state index contributed by atoms with van der Waals surface area (Å²) in [4.78, 5) is 10.8. The van der Waals surface area contributed by atoms with E-state index in [9.17, 15) is 4.79 Å². The first-order chi connectivity index (χ1) is 7.53. The Labute approximate surface area is 94.0 Å². The molecule has 1 N–H and O–H groups in total. The fourth-order valence-electron chi connectivity index (χ4n) is 2.20. The summed E-state index contributed by atoms with van der Waals surface area (Å²) < 4.78 is 7.38. The van der Waals surface area contributed by atoms with E-state index < -0.39 is 11.6 Å². The van der Waals surface area contributed by atoms with Crippen molar-refractivity contribution in [1.82, 2.24) is 9.78 Å². The van der Waals surface area contributed by atoms with Crippen LogP contribution in [0.1, 0.15) is 42.4 Å². The number of aryl methyl sites for hydroxylation is 1. The fourth-order valence-corrected chi connectivity index (χ4v) is 2.20. The second-order valence-electron chi connectivity index (χ2n) is 4.38. The van der Waals surface area contributed by atoms with Crippen LogP contribution in [0, 0.1) is 0 Å². The summed E-state index contributed by atoms with van der Waals surface area (Å²) in [5.74, 6) is -0.999. The van der Waals surface area contributed by atoms with Gasteiger partial charge in [-0.25, -0.2) is 4.79 Å². The second-order valence-corrected chi connectivity index (χ2v) is 4.38. The van der Waals surface area contributed by atoms with Crippen LogP contribution in [0.2, 0.25) is 0 Å². The summed E-state index contributed by atoms with van der Waals surface area (Å²) in [7, 11) is 1.75. The topological polar surface area (TPSA) is 64.4 Å². The SMILES string of the molecule is Cn1nc(C(=O)O)cc1C1(C)CCCCO1. The van der Waals surface area contributed by atoms with Gasteiger partial charge in [-0.3, -0.25) is 4.68 Å². The highest BCUT2D eigenvalue weighted by Gasteiger charge is 2.33. The number of carbonyl (C=O) groups is 1. The van der Waals surface area contributed by atoms with Crippen LogP contribution < -0.4 is 0 Å². The summed E-state index contributed by atoms with van der Waals surface area (Å²) in [5.41, 5.74) is 0.519. The molecule has 0 amide bonds. The van der Waals surface area contributed by atoms with E-state index >= 15 is 0 Å². The van der Waals surface area contributed by atoms with Crippen LogP contribution in [0.4, 0.5) is 0 Å². The maximum atomic E-state index is 10.8. The highest BCUT2D eigenvalue weighted by Crippen LogP contribution is 2.34. The third-order valence-corrected chi connectivity index (χ3v) is 3.11. The zero-order valence-electron chi connectivity index (χ0n) is 9.56. The number of nitrogens with zero attached hydrogens (tertiary/aromatic N) is 2. The molecular formula is C11H16N2O3. The Balaban J connectivity index is 2.35. The first-order valence-corrected chi connectivity index (χ1v) is 5.45. The van der Waals surface area contributed by atoms with Gasteiger partial charge in [0.1, 0.15) is 5.60 Å². The highest BCUT2D eigenvalue weighted by molar-refractivity contribution is 5.85. The van der Waals surface area contributed by atoms with E-state index in [4.69, 9.17) is 9.84 Å². The molecule has 5 nitrogen and oxygen atoms in total. The highest BCUT2D eigenvalue weighted by atomic mass is 16.5. The number of ether oxygens (including phenoxy) is 1. The molecule has 0 saturated carbocycles. The van der Waals surface area contributed by atoms with E-state index in [2.05, 4.69) is 5.10 Å². The molecule has 1 unspecified atom stereocenters. The van der Waals surface area contributed by atoms with Gasteiger partial charge in [-0.2, -0.15) is 5.10 Å². The maximum absolute atomic E-state index is 10.8. The predicted molar refractivity (Wildman–Crippen MR) is 57.3 cm³/mol. The third-order valence-electron chi connectivity index (χ3n) is 3.11. The summed E-state index contributed by atoms with van der Waals surface area (Å²) in [6, 6.07) is 1.60. The minimum atomic E-state index is -0.999. The van der Waals surface area contributed by atoms with Crippen LogP contribution in [0.25, 0.3) is 0 Å². The summed E-state index contributed by atoms with van der Waals surface area (Å²) in [5, 5.41) is 12.9. The van der Waals surface area contributed by atoms with Gasteiger partial charge in [-0.1, -0.05) is 0 Å². The van der Waals surface area contributed by atoms with Crippen LogP contribution in [0.15, 0.2) is 6.07 Å². The van der Waals surface area contributed by atoms with Crippen LogP contribution in [0.5, 0.6) is 0 Å². The van der Waals surface area contributed by atoms with Gasteiger partial charge >= 0.3 is 5.97 Å². The molecule has 16 heavy (non-hydrogen) atoms. The zero-order chi connectivity index (χ0) is 11.8. The number of carboxylic acid groups (broad SMARTS) is 1. The van der Waals surface area contributed by atoms with Crippen LogP contribution in [-0.2, 0) is 17.4 Å². The first-order valence-electron chi connectivity index (χ1n) is 5.45. The van der Waals surface area contributed by atoms with Crippen molar-refractivity contribution in [2.24, 2.45) is 7.05 Å². The van der Waals surface area contributed by atoms with Gasteiger partial charge in [0.2, 0.25) is 0 Å². The zero-order valence-corrected chi connectivity index (χ0v) is 9.56. The van der Waals surface area contributed by atoms with Crippen molar-refractivity contribution >= 4 is 5.97 Å². The van der Waals surface area contributed by atoms with Gasteiger partial charge < -0.3 is 9.84 Å². The number of aromatic nitrogens is 2. The van der Waals surface area contributed by atoms with Gasteiger partial charge in [-0.15, -0.1) is 0 Å². The molecule has 0 radical (unpaired) electrons. The molecule has 0 aromatic carbocycles. The molecule has 1 atom stereocenters. The lowest BCUT2D eigenvalue weighted by atomic mass is 9.92. The molecule has 2 rings (SSSR count). The van der Waals surface area contributed by atoms with E-state index in [1.54, 1.807) is 17.8 Å². The van der Waals surface area contributed by atoms with Gasteiger partial charge in [0.25, 0.3) is 0 Å². The number of hydrogen-bond donors (Lipinski definition) is 1. The summed E-state index contributed by atoms with van der Waals surface area (Å²) in [6.45, 7) is 2.72. The predicted octanol–water partition coefficient (Wildman–Crippen LogP) is 1.53. The van der Waals surface area contributed by atoms with Crippen LogP contribution in [0.3, 0.4) is 0 Å².